The van der Waals surface area contributed by atoms with Gasteiger partial charge >= 0.3 is 0 Å². The van der Waals surface area contributed by atoms with Crippen molar-refractivity contribution in [2.45, 2.75) is 44.8 Å². The van der Waals surface area contributed by atoms with Gasteiger partial charge in [0.2, 0.25) is 0 Å². The molecule has 3 atom stereocenters. The molecule has 4 heteroatoms. The fourth-order valence-electron chi connectivity index (χ4n) is 2.98. The number of morpholine rings is 1. The van der Waals surface area contributed by atoms with Crippen LogP contribution in [0.2, 0.25) is 0 Å². The molecule has 0 amide bonds. The van der Waals surface area contributed by atoms with Gasteiger partial charge in [-0.1, -0.05) is 41.9 Å². The first-order chi connectivity index (χ1) is 9.67. The first-order valence-corrected chi connectivity index (χ1v) is 8.31. The molecule has 1 aromatic rings. The number of benzene rings is 1. The van der Waals surface area contributed by atoms with Gasteiger partial charge in [-0.15, -0.1) is 0 Å². The Kier molecular flexibility index (Phi) is 6.02. The van der Waals surface area contributed by atoms with E-state index in [1.807, 2.05) is 0 Å². The number of hydrogen-bond acceptors (Lipinski definition) is 3. The zero-order valence-electron chi connectivity index (χ0n) is 12.4. The van der Waals surface area contributed by atoms with E-state index in [0.29, 0.717) is 6.04 Å². The van der Waals surface area contributed by atoms with E-state index in [1.165, 1.54) is 5.56 Å². The van der Waals surface area contributed by atoms with Gasteiger partial charge in [-0.05, 0) is 30.5 Å². The Labute approximate surface area is 130 Å². The van der Waals surface area contributed by atoms with Crippen LogP contribution in [0.1, 0.15) is 38.3 Å². The minimum absolute atomic E-state index is 0.149. The summed E-state index contributed by atoms with van der Waals surface area (Å²) in [5.41, 5.74) is 7.75. The third-order valence-electron chi connectivity index (χ3n) is 4.17. The molecule has 3 unspecified atom stereocenters. The molecule has 1 aliphatic heterocycles. The second-order valence-corrected chi connectivity index (χ2v) is 6.36. The lowest BCUT2D eigenvalue weighted by molar-refractivity contribution is -0.0362. The summed E-state index contributed by atoms with van der Waals surface area (Å²) in [6, 6.07) is 9.42. The van der Waals surface area contributed by atoms with Crippen molar-refractivity contribution in [2.24, 2.45) is 5.73 Å². The molecular weight excluding hydrogens is 316 g/mol. The van der Waals surface area contributed by atoms with Gasteiger partial charge in [0.25, 0.3) is 0 Å². The summed E-state index contributed by atoms with van der Waals surface area (Å²) in [4.78, 5) is 2.54. The lowest BCUT2D eigenvalue weighted by Crippen LogP contribution is -2.51. The van der Waals surface area contributed by atoms with Gasteiger partial charge in [-0.2, -0.15) is 0 Å². The van der Waals surface area contributed by atoms with Crippen LogP contribution in [-0.4, -0.2) is 36.7 Å². The average Bonchev–Trinajstić information content (AvgIpc) is 2.48. The van der Waals surface area contributed by atoms with E-state index in [9.17, 15) is 0 Å². The molecule has 3 nitrogen and oxygen atoms in total. The summed E-state index contributed by atoms with van der Waals surface area (Å²) in [6.45, 7) is 6.97. The summed E-state index contributed by atoms with van der Waals surface area (Å²) in [5.74, 6) is 0. The summed E-state index contributed by atoms with van der Waals surface area (Å²) in [5, 5.41) is 0. The van der Waals surface area contributed by atoms with Crippen molar-refractivity contribution in [1.29, 1.82) is 0 Å². The first-order valence-electron chi connectivity index (χ1n) is 7.51. The molecular formula is C16H25BrN2O. The van der Waals surface area contributed by atoms with Crippen LogP contribution in [0.15, 0.2) is 28.7 Å². The third kappa shape index (κ3) is 3.61. The first kappa shape index (κ1) is 16.0. The fourth-order valence-corrected chi connectivity index (χ4v) is 3.40. The number of ether oxygens (including phenoxy) is 1. The Balaban J connectivity index is 2.31. The number of nitrogens with two attached hydrogens (primary N) is 1. The number of nitrogens with zero attached hydrogens (tertiary/aromatic N) is 1. The van der Waals surface area contributed by atoms with Crippen molar-refractivity contribution in [2.75, 3.05) is 19.8 Å². The lowest BCUT2D eigenvalue weighted by atomic mass is 9.94. The van der Waals surface area contributed by atoms with Crippen molar-refractivity contribution < 1.29 is 4.74 Å². The SMILES string of the molecule is CCC(N)C(c1cccc(Br)c1)N1CCOCC1CC. The van der Waals surface area contributed by atoms with Gasteiger partial charge in [0.1, 0.15) is 0 Å². The Hall–Kier alpha value is -0.420. The van der Waals surface area contributed by atoms with E-state index in [2.05, 4.69) is 58.9 Å². The van der Waals surface area contributed by atoms with E-state index in [0.717, 1.165) is 37.1 Å². The van der Waals surface area contributed by atoms with Crippen molar-refractivity contribution in [3.63, 3.8) is 0 Å². The van der Waals surface area contributed by atoms with Crippen LogP contribution in [0.25, 0.3) is 0 Å². The smallest absolute Gasteiger partial charge is 0.0622 e. The Morgan fingerprint density at radius 2 is 2.25 bits per heavy atom. The van der Waals surface area contributed by atoms with Crippen LogP contribution in [0, 0.1) is 0 Å². The predicted molar refractivity (Wildman–Crippen MR) is 86.8 cm³/mol. The monoisotopic (exact) mass is 340 g/mol. The van der Waals surface area contributed by atoms with E-state index >= 15 is 0 Å². The predicted octanol–water partition coefficient (Wildman–Crippen LogP) is 3.34. The molecule has 1 aromatic carbocycles. The summed E-state index contributed by atoms with van der Waals surface area (Å²) in [7, 11) is 0. The van der Waals surface area contributed by atoms with Crippen LogP contribution in [0.3, 0.4) is 0 Å². The normalized spacial score (nSPS) is 23.5. The molecule has 1 saturated heterocycles. The third-order valence-corrected chi connectivity index (χ3v) is 4.66. The van der Waals surface area contributed by atoms with Crippen molar-refractivity contribution in [1.82, 2.24) is 4.90 Å². The highest BCUT2D eigenvalue weighted by molar-refractivity contribution is 9.10. The number of rotatable bonds is 5. The molecule has 0 spiro atoms. The van der Waals surface area contributed by atoms with E-state index in [4.69, 9.17) is 10.5 Å². The maximum atomic E-state index is 6.45. The Bertz CT molecular complexity index is 427. The van der Waals surface area contributed by atoms with Gasteiger partial charge in [0.05, 0.1) is 19.3 Å². The maximum Gasteiger partial charge on any atom is 0.0622 e. The molecule has 0 saturated carbocycles. The Morgan fingerprint density at radius 1 is 1.45 bits per heavy atom. The zero-order chi connectivity index (χ0) is 14.5. The van der Waals surface area contributed by atoms with Crippen LogP contribution in [0.4, 0.5) is 0 Å². The highest BCUT2D eigenvalue weighted by atomic mass is 79.9. The molecule has 2 N–H and O–H groups in total. The minimum atomic E-state index is 0.149. The molecule has 0 aromatic heterocycles. The van der Waals surface area contributed by atoms with Crippen molar-refractivity contribution >= 4 is 15.9 Å². The zero-order valence-corrected chi connectivity index (χ0v) is 14.0. The van der Waals surface area contributed by atoms with Gasteiger partial charge in [-0.3, -0.25) is 4.90 Å². The summed E-state index contributed by atoms with van der Waals surface area (Å²) >= 11 is 3.57. The lowest BCUT2D eigenvalue weighted by Gasteiger charge is -2.43. The molecule has 1 heterocycles. The standard InChI is InChI=1S/C16H25BrN2O/c1-3-14-11-20-9-8-19(14)16(15(18)4-2)12-6-5-7-13(17)10-12/h5-7,10,14-16H,3-4,8-9,11,18H2,1-2H3. The van der Waals surface area contributed by atoms with Gasteiger partial charge in [0, 0.05) is 23.1 Å². The second kappa shape index (κ2) is 7.55. The van der Waals surface area contributed by atoms with E-state index in [-0.39, 0.29) is 12.1 Å². The highest BCUT2D eigenvalue weighted by Gasteiger charge is 2.32. The van der Waals surface area contributed by atoms with Crippen LogP contribution in [0.5, 0.6) is 0 Å². The summed E-state index contributed by atoms with van der Waals surface area (Å²) < 4.78 is 6.75. The largest absolute Gasteiger partial charge is 0.378 e. The molecule has 20 heavy (non-hydrogen) atoms. The van der Waals surface area contributed by atoms with Gasteiger partial charge in [0.15, 0.2) is 0 Å². The van der Waals surface area contributed by atoms with Gasteiger partial charge in [-0.25, -0.2) is 0 Å². The van der Waals surface area contributed by atoms with E-state index < -0.39 is 0 Å². The molecule has 112 valence electrons. The van der Waals surface area contributed by atoms with Crippen LogP contribution < -0.4 is 5.73 Å². The Morgan fingerprint density at radius 3 is 2.90 bits per heavy atom. The minimum Gasteiger partial charge on any atom is -0.378 e. The maximum absolute atomic E-state index is 6.45. The van der Waals surface area contributed by atoms with Gasteiger partial charge < -0.3 is 10.5 Å². The molecule has 1 fully saturated rings. The van der Waals surface area contributed by atoms with Crippen molar-refractivity contribution in [3.8, 4) is 0 Å². The second-order valence-electron chi connectivity index (χ2n) is 5.45. The molecule has 0 bridgehead atoms. The van der Waals surface area contributed by atoms with E-state index in [1.54, 1.807) is 0 Å². The molecule has 2 rings (SSSR count). The number of halogens is 1. The summed E-state index contributed by atoms with van der Waals surface area (Å²) in [6.07, 6.45) is 2.08. The molecule has 0 aliphatic carbocycles. The molecule has 0 radical (unpaired) electrons. The number of hydrogen-bond donors (Lipinski definition) is 1. The fraction of sp³-hybridized carbons (Fsp3) is 0.625. The quantitative estimate of drug-likeness (QED) is 0.893. The topological polar surface area (TPSA) is 38.5 Å². The average molecular weight is 341 g/mol. The van der Waals surface area contributed by atoms with Crippen molar-refractivity contribution in [3.05, 3.63) is 34.3 Å². The molecule has 1 aliphatic rings. The van der Waals surface area contributed by atoms with Crippen LogP contribution >= 0.6 is 15.9 Å². The highest BCUT2D eigenvalue weighted by Crippen LogP contribution is 2.30. The van der Waals surface area contributed by atoms with Crippen LogP contribution in [-0.2, 0) is 4.74 Å².